The van der Waals surface area contributed by atoms with Gasteiger partial charge in [-0.1, -0.05) is 0 Å². The molecule has 1 aromatic rings. The number of hydrogen-bond acceptors (Lipinski definition) is 6. The number of aliphatic hydroxyl groups is 1. The number of nitrogens with zero attached hydrogens (tertiary/aromatic N) is 1. The van der Waals surface area contributed by atoms with Crippen LogP contribution in [0.3, 0.4) is 0 Å². The van der Waals surface area contributed by atoms with Crippen molar-refractivity contribution in [1.29, 1.82) is 0 Å². The second-order valence-electron chi connectivity index (χ2n) is 5.35. The Balaban J connectivity index is 2.41. The minimum atomic E-state index is -0.873. The summed E-state index contributed by atoms with van der Waals surface area (Å²) >= 11 is 1.33. The van der Waals surface area contributed by atoms with E-state index in [1.165, 1.54) is 29.6 Å². The molecule has 0 bridgehead atoms. The van der Waals surface area contributed by atoms with E-state index in [-0.39, 0.29) is 17.2 Å². The van der Waals surface area contributed by atoms with Gasteiger partial charge in [0.2, 0.25) is 0 Å². The van der Waals surface area contributed by atoms with E-state index in [0.717, 1.165) is 0 Å². The summed E-state index contributed by atoms with van der Waals surface area (Å²) in [6.45, 7) is 3.14. The first-order chi connectivity index (χ1) is 9.83. The van der Waals surface area contributed by atoms with Crippen LogP contribution in [0, 0.1) is 12.3 Å². The van der Waals surface area contributed by atoms with E-state index in [2.05, 4.69) is 4.98 Å². The quantitative estimate of drug-likeness (QED) is 0.763. The standard InChI is InChI=1S/C13H18N2O5S/c1-7-5-15(12(19)14-10(7)17)9-4-13(2,11(18)20-3)8(6-16)21-9/h5,8-9,16H,4,6H2,1-3H3,(H,14,17,19)/t8-,9?,13+/m0/s1. The van der Waals surface area contributed by atoms with Crippen LogP contribution in [0.4, 0.5) is 0 Å². The predicted molar refractivity (Wildman–Crippen MR) is 78.3 cm³/mol. The highest BCUT2D eigenvalue weighted by molar-refractivity contribution is 8.00. The highest BCUT2D eigenvalue weighted by atomic mass is 32.2. The Morgan fingerprint density at radius 3 is 2.86 bits per heavy atom. The molecule has 1 aliphatic heterocycles. The number of carbonyl (C=O) groups is 1. The summed E-state index contributed by atoms with van der Waals surface area (Å²) in [5, 5.41) is 8.80. The topological polar surface area (TPSA) is 101 Å². The van der Waals surface area contributed by atoms with Gasteiger partial charge in [0, 0.05) is 17.0 Å². The molecule has 0 amide bonds. The molecule has 0 spiro atoms. The van der Waals surface area contributed by atoms with Crippen molar-refractivity contribution >= 4 is 17.7 Å². The van der Waals surface area contributed by atoms with Crippen LogP contribution in [0.1, 0.15) is 24.3 Å². The lowest BCUT2D eigenvalue weighted by molar-refractivity contribution is -0.152. The van der Waals surface area contributed by atoms with Gasteiger partial charge in [0.25, 0.3) is 5.56 Å². The molecule has 1 fully saturated rings. The number of thioether (sulfide) groups is 1. The van der Waals surface area contributed by atoms with Crippen molar-refractivity contribution in [3.05, 3.63) is 32.6 Å². The average Bonchev–Trinajstić information content (AvgIpc) is 2.80. The summed E-state index contributed by atoms with van der Waals surface area (Å²) in [7, 11) is 1.30. The zero-order chi connectivity index (χ0) is 15.8. The van der Waals surface area contributed by atoms with Crippen LogP contribution in [0.5, 0.6) is 0 Å². The van der Waals surface area contributed by atoms with Crippen LogP contribution in [-0.2, 0) is 9.53 Å². The molecule has 2 heterocycles. The maximum atomic E-state index is 12.0. The molecule has 1 aliphatic rings. The van der Waals surface area contributed by atoms with Gasteiger partial charge in [-0.2, -0.15) is 0 Å². The highest BCUT2D eigenvalue weighted by Crippen LogP contribution is 2.52. The van der Waals surface area contributed by atoms with Crippen molar-refractivity contribution in [3.63, 3.8) is 0 Å². The van der Waals surface area contributed by atoms with Crippen LogP contribution in [-0.4, -0.2) is 39.6 Å². The Bertz CT molecular complexity index is 667. The fraction of sp³-hybridized carbons (Fsp3) is 0.615. The van der Waals surface area contributed by atoms with Crippen LogP contribution in [0.15, 0.2) is 15.8 Å². The second-order valence-corrected chi connectivity index (χ2v) is 6.74. The molecule has 116 valence electrons. The largest absolute Gasteiger partial charge is 0.469 e. The van der Waals surface area contributed by atoms with Crippen molar-refractivity contribution in [1.82, 2.24) is 9.55 Å². The number of H-pyrrole nitrogens is 1. The summed E-state index contributed by atoms with van der Waals surface area (Å²) in [4.78, 5) is 37.6. The monoisotopic (exact) mass is 314 g/mol. The summed E-state index contributed by atoms with van der Waals surface area (Å²) in [6.07, 6.45) is 1.83. The lowest BCUT2D eigenvalue weighted by Gasteiger charge is -2.25. The van der Waals surface area contributed by atoms with Gasteiger partial charge in [-0.05, 0) is 20.3 Å². The Morgan fingerprint density at radius 1 is 1.62 bits per heavy atom. The molecule has 21 heavy (non-hydrogen) atoms. The molecule has 2 N–H and O–H groups in total. The third-order valence-corrected chi connectivity index (χ3v) is 5.61. The number of aliphatic hydroxyl groups excluding tert-OH is 1. The fourth-order valence-corrected chi connectivity index (χ4v) is 4.23. The number of aromatic nitrogens is 2. The molecule has 0 aliphatic carbocycles. The second kappa shape index (κ2) is 5.69. The molecule has 7 nitrogen and oxygen atoms in total. The molecule has 8 heteroatoms. The first-order valence-corrected chi connectivity index (χ1v) is 7.44. The Hall–Kier alpha value is -1.54. The molecule has 0 saturated carbocycles. The SMILES string of the molecule is COC(=O)[C@]1(C)CC(n2cc(C)c(=O)[nH]c2=O)S[C@H]1CO. The van der Waals surface area contributed by atoms with Gasteiger partial charge in [0.05, 0.1) is 24.5 Å². The molecular formula is C13H18N2O5S. The van der Waals surface area contributed by atoms with Gasteiger partial charge in [0.15, 0.2) is 0 Å². The minimum Gasteiger partial charge on any atom is -0.469 e. The Morgan fingerprint density at radius 2 is 2.29 bits per heavy atom. The summed E-state index contributed by atoms with van der Waals surface area (Å²) < 4.78 is 6.22. The third-order valence-electron chi connectivity index (χ3n) is 3.90. The number of nitrogens with one attached hydrogen (secondary N) is 1. The number of aromatic amines is 1. The van der Waals surface area contributed by atoms with Gasteiger partial charge < -0.3 is 9.84 Å². The third kappa shape index (κ3) is 2.65. The van der Waals surface area contributed by atoms with Crippen LogP contribution in [0.2, 0.25) is 0 Å². The number of hydrogen-bond donors (Lipinski definition) is 2. The van der Waals surface area contributed by atoms with Crippen molar-refractivity contribution in [2.45, 2.75) is 30.9 Å². The van der Waals surface area contributed by atoms with Crippen LogP contribution < -0.4 is 11.2 Å². The number of carbonyl (C=O) groups excluding carboxylic acids is 1. The van der Waals surface area contributed by atoms with Gasteiger partial charge in [-0.15, -0.1) is 11.8 Å². The number of methoxy groups -OCH3 is 1. The lowest BCUT2D eigenvalue weighted by atomic mass is 9.83. The van der Waals surface area contributed by atoms with E-state index in [0.29, 0.717) is 12.0 Å². The molecule has 2 rings (SSSR count). The van der Waals surface area contributed by atoms with Gasteiger partial charge in [-0.3, -0.25) is 19.1 Å². The molecular weight excluding hydrogens is 296 g/mol. The number of aryl methyl sites for hydroxylation is 1. The summed E-state index contributed by atoms with van der Waals surface area (Å²) in [5.41, 5.74) is -1.40. The Labute approximate surface area is 125 Å². The predicted octanol–water partition coefficient (Wildman–Crippen LogP) is 0.0207. The van der Waals surface area contributed by atoms with E-state index in [1.54, 1.807) is 13.8 Å². The zero-order valence-electron chi connectivity index (χ0n) is 12.1. The van der Waals surface area contributed by atoms with E-state index < -0.39 is 22.6 Å². The van der Waals surface area contributed by atoms with Crippen molar-refractivity contribution < 1.29 is 14.6 Å². The van der Waals surface area contributed by atoms with E-state index in [4.69, 9.17) is 4.74 Å². The van der Waals surface area contributed by atoms with Crippen LogP contribution >= 0.6 is 11.8 Å². The summed E-state index contributed by atoms with van der Waals surface area (Å²) in [5.74, 6) is -0.411. The maximum Gasteiger partial charge on any atom is 0.329 e. The lowest BCUT2D eigenvalue weighted by Crippen LogP contribution is -2.38. The zero-order valence-corrected chi connectivity index (χ0v) is 12.9. The van der Waals surface area contributed by atoms with Crippen molar-refractivity contribution in [2.75, 3.05) is 13.7 Å². The van der Waals surface area contributed by atoms with Gasteiger partial charge >= 0.3 is 11.7 Å². The van der Waals surface area contributed by atoms with E-state index in [9.17, 15) is 19.5 Å². The molecule has 1 saturated heterocycles. The fourth-order valence-electron chi connectivity index (χ4n) is 2.54. The minimum absolute atomic E-state index is 0.191. The maximum absolute atomic E-state index is 12.0. The van der Waals surface area contributed by atoms with E-state index >= 15 is 0 Å². The molecule has 1 aromatic heterocycles. The molecule has 3 atom stereocenters. The molecule has 1 unspecified atom stereocenters. The highest BCUT2D eigenvalue weighted by Gasteiger charge is 2.51. The van der Waals surface area contributed by atoms with Gasteiger partial charge in [-0.25, -0.2) is 4.79 Å². The molecule has 0 radical (unpaired) electrons. The molecule has 0 aromatic carbocycles. The normalized spacial score (nSPS) is 28.6. The van der Waals surface area contributed by atoms with E-state index in [1.807, 2.05) is 0 Å². The smallest absolute Gasteiger partial charge is 0.329 e. The Kier molecular flexibility index (Phi) is 4.29. The van der Waals surface area contributed by atoms with Gasteiger partial charge in [0.1, 0.15) is 0 Å². The number of rotatable bonds is 3. The number of esters is 1. The average molecular weight is 314 g/mol. The summed E-state index contributed by atoms with van der Waals surface area (Å²) in [6, 6.07) is 0. The van der Waals surface area contributed by atoms with Crippen molar-refractivity contribution in [3.8, 4) is 0 Å². The first-order valence-electron chi connectivity index (χ1n) is 6.50. The number of ether oxygens (including phenoxy) is 1. The van der Waals surface area contributed by atoms with Crippen LogP contribution in [0.25, 0.3) is 0 Å². The first kappa shape index (κ1) is 15.8. The van der Waals surface area contributed by atoms with Crippen molar-refractivity contribution in [2.24, 2.45) is 5.41 Å².